The summed E-state index contributed by atoms with van der Waals surface area (Å²) in [5.41, 5.74) is 2.49. The fraction of sp³-hybridized carbons (Fsp3) is 0.562. The molecule has 2 atom stereocenters. The number of carbonyl (C=O) groups is 1. The summed E-state index contributed by atoms with van der Waals surface area (Å²) in [6.45, 7) is 6.96. The Morgan fingerprint density at radius 2 is 2.11 bits per heavy atom. The van der Waals surface area contributed by atoms with Crippen molar-refractivity contribution in [1.82, 2.24) is 5.32 Å². The number of carbonyl (C=O) groups excluding carboxylic acids is 1. The van der Waals surface area contributed by atoms with Gasteiger partial charge in [-0.1, -0.05) is 32.0 Å². The third kappa shape index (κ3) is 2.16. The molecular formula is C16H22N2O. The molecule has 1 N–H and O–H groups in total. The van der Waals surface area contributed by atoms with Crippen LogP contribution in [-0.2, 0) is 4.79 Å². The van der Waals surface area contributed by atoms with E-state index in [0.717, 1.165) is 31.7 Å². The third-order valence-corrected chi connectivity index (χ3v) is 4.45. The van der Waals surface area contributed by atoms with E-state index in [1.807, 2.05) is 24.8 Å². The Labute approximate surface area is 115 Å². The molecule has 0 unspecified atom stereocenters. The van der Waals surface area contributed by atoms with Crippen molar-refractivity contribution in [3.63, 3.8) is 0 Å². The fourth-order valence-electron chi connectivity index (χ4n) is 3.40. The zero-order valence-corrected chi connectivity index (χ0v) is 11.7. The average molecular weight is 258 g/mol. The highest BCUT2D eigenvalue weighted by molar-refractivity contribution is 5.95. The Hall–Kier alpha value is -1.35. The van der Waals surface area contributed by atoms with Gasteiger partial charge in [-0.25, -0.2) is 0 Å². The largest absolute Gasteiger partial charge is 0.316 e. The van der Waals surface area contributed by atoms with Crippen molar-refractivity contribution in [1.29, 1.82) is 0 Å². The highest BCUT2D eigenvalue weighted by atomic mass is 16.2. The highest BCUT2D eigenvalue weighted by Gasteiger charge is 2.35. The van der Waals surface area contributed by atoms with Crippen molar-refractivity contribution in [3.05, 3.63) is 29.8 Å². The van der Waals surface area contributed by atoms with Crippen LogP contribution in [0.5, 0.6) is 0 Å². The minimum absolute atomic E-state index is 0.0594. The monoisotopic (exact) mass is 258 g/mol. The molecule has 1 aromatic carbocycles. The summed E-state index contributed by atoms with van der Waals surface area (Å²) in [4.78, 5) is 14.5. The topological polar surface area (TPSA) is 32.3 Å². The van der Waals surface area contributed by atoms with E-state index in [-0.39, 0.29) is 11.8 Å². The first-order chi connectivity index (χ1) is 9.18. The maximum atomic E-state index is 12.4. The molecule has 3 rings (SSSR count). The number of nitrogens with one attached hydrogen (secondary N) is 1. The number of hydrogen-bond acceptors (Lipinski definition) is 2. The molecule has 1 amide bonds. The molecular weight excluding hydrogens is 236 g/mol. The van der Waals surface area contributed by atoms with Gasteiger partial charge in [-0.3, -0.25) is 4.79 Å². The Morgan fingerprint density at radius 3 is 2.89 bits per heavy atom. The fourth-order valence-corrected chi connectivity index (χ4v) is 3.40. The maximum absolute atomic E-state index is 12.4. The van der Waals surface area contributed by atoms with Gasteiger partial charge in [0.15, 0.2) is 0 Å². The number of amides is 1. The summed E-state index contributed by atoms with van der Waals surface area (Å²) in [7, 11) is 0. The highest BCUT2D eigenvalue weighted by Crippen LogP contribution is 2.39. The smallest absolute Gasteiger partial charge is 0.229 e. The minimum Gasteiger partial charge on any atom is -0.316 e. The molecule has 2 aliphatic rings. The van der Waals surface area contributed by atoms with E-state index < -0.39 is 0 Å². The third-order valence-electron chi connectivity index (χ3n) is 4.45. The van der Waals surface area contributed by atoms with E-state index >= 15 is 0 Å². The Balaban J connectivity index is 2.03. The molecule has 2 aliphatic heterocycles. The number of anilines is 1. The SMILES string of the molecule is CC(C)C(=O)N1CC[C@H]2CNC[C@@H]2c2ccccc21. The number of rotatable bonds is 1. The molecule has 3 heteroatoms. The van der Waals surface area contributed by atoms with Gasteiger partial charge in [-0.15, -0.1) is 0 Å². The molecule has 3 nitrogen and oxygen atoms in total. The lowest BCUT2D eigenvalue weighted by molar-refractivity contribution is -0.121. The van der Waals surface area contributed by atoms with Gasteiger partial charge >= 0.3 is 0 Å². The van der Waals surface area contributed by atoms with Crippen molar-refractivity contribution >= 4 is 11.6 Å². The average Bonchev–Trinajstić information content (AvgIpc) is 2.82. The van der Waals surface area contributed by atoms with Gasteiger partial charge in [-0.2, -0.15) is 0 Å². The molecule has 0 bridgehead atoms. The normalized spacial score (nSPS) is 25.9. The lowest BCUT2D eigenvalue weighted by Crippen LogP contribution is -2.35. The summed E-state index contributed by atoms with van der Waals surface area (Å²) in [5.74, 6) is 1.55. The van der Waals surface area contributed by atoms with Gasteiger partial charge in [0.1, 0.15) is 0 Å². The number of hydrogen-bond donors (Lipinski definition) is 1. The van der Waals surface area contributed by atoms with E-state index in [4.69, 9.17) is 0 Å². The van der Waals surface area contributed by atoms with Crippen LogP contribution in [0.4, 0.5) is 5.69 Å². The summed E-state index contributed by atoms with van der Waals surface area (Å²) in [5, 5.41) is 3.50. The van der Waals surface area contributed by atoms with Crippen LogP contribution in [0.3, 0.4) is 0 Å². The predicted molar refractivity (Wildman–Crippen MR) is 77.4 cm³/mol. The first-order valence-corrected chi connectivity index (χ1v) is 7.29. The standard InChI is InChI=1S/C16H22N2O/c1-11(2)16(19)18-8-7-12-9-17-10-14(12)13-5-3-4-6-15(13)18/h3-6,11-12,14,17H,7-10H2,1-2H3/t12-,14-/m0/s1. The van der Waals surface area contributed by atoms with Crippen LogP contribution in [0.2, 0.25) is 0 Å². The second-order valence-electron chi connectivity index (χ2n) is 6.02. The molecule has 1 saturated heterocycles. The summed E-state index contributed by atoms with van der Waals surface area (Å²) < 4.78 is 0. The second kappa shape index (κ2) is 4.97. The maximum Gasteiger partial charge on any atom is 0.229 e. The van der Waals surface area contributed by atoms with Gasteiger partial charge in [0.2, 0.25) is 5.91 Å². The predicted octanol–water partition coefficient (Wildman–Crippen LogP) is 2.38. The molecule has 0 aromatic heterocycles. The van der Waals surface area contributed by atoms with Gasteiger partial charge in [0.05, 0.1) is 0 Å². The minimum atomic E-state index is 0.0594. The first-order valence-electron chi connectivity index (χ1n) is 7.29. The second-order valence-corrected chi connectivity index (χ2v) is 6.02. The number of nitrogens with zero attached hydrogens (tertiary/aromatic N) is 1. The lowest BCUT2D eigenvalue weighted by Gasteiger charge is -2.25. The van der Waals surface area contributed by atoms with Crippen LogP contribution >= 0.6 is 0 Å². The molecule has 1 fully saturated rings. The molecule has 2 heterocycles. The summed E-state index contributed by atoms with van der Waals surface area (Å²) in [6.07, 6.45) is 1.10. The van der Waals surface area contributed by atoms with Crippen molar-refractivity contribution in [2.24, 2.45) is 11.8 Å². The van der Waals surface area contributed by atoms with Gasteiger partial charge in [0.25, 0.3) is 0 Å². The van der Waals surface area contributed by atoms with E-state index in [1.165, 1.54) is 5.56 Å². The van der Waals surface area contributed by atoms with E-state index in [0.29, 0.717) is 11.8 Å². The molecule has 102 valence electrons. The zero-order chi connectivity index (χ0) is 13.4. The van der Waals surface area contributed by atoms with Gasteiger partial charge in [0, 0.05) is 30.6 Å². The van der Waals surface area contributed by atoms with Gasteiger partial charge in [-0.05, 0) is 30.5 Å². The van der Waals surface area contributed by atoms with E-state index in [2.05, 4.69) is 23.5 Å². The Morgan fingerprint density at radius 1 is 1.32 bits per heavy atom. The Kier molecular flexibility index (Phi) is 3.31. The van der Waals surface area contributed by atoms with Crippen molar-refractivity contribution < 1.29 is 4.79 Å². The van der Waals surface area contributed by atoms with Crippen LogP contribution in [0.15, 0.2) is 24.3 Å². The quantitative estimate of drug-likeness (QED) is 0.839. The molecule has 0 saturated carbocycles. The van der Waals surface area contributed by atoms with Crippen LogP contribution in [0.1, 0.15) is 31.7 Å². The molecule has 19 heavy (non-hydrogen) atoms. The molecule has 0 spiro atoms. The number of fused-ring (bicyclic) bond motifs is 3. The van der Waals surface area contributed by atoms with Gasteiger partial charge < -0.3 is 10.2 Å². The zero-order valence-electron chi connectivity index (χ0n) is 11.7. The number of para-hydroxylation sites is 1. The Bertz CT molecular complexity index is 483. The van der Waals surface area contributed by atoms with Crippen LogP contribution in [-0.4, -0.2) is 25.5 Å². The summed E-state index contributed by atoms with van der Waals surface area (Å²) >= 11 is 0. The lowest BCUT2D eigenvalue weighted by atomic mass is 9.87. The number of benzene rings is 1. The van der Waals surface area contributed by atoms with Crippen LogP contribution in [0, 0.1) is 11.8 Å². The molecule has 0 radical (unpaired) electrons. The van der Waals surface area contributed by atoms with Crippen molar-refractivity contribution in [2.75, 3.05) is 24.5 Å². The van der Waals surface area contributed by atoms with Crippen LogP contribution in [0.25, 0.3) is 0 Å². The first kappa shape index (κ1) is 12.7. The van der Waals surface area contributed by atoms with Crippen molar-refractivity contribution in [2.45, 2.75) is 26.2 Å². The van der Waals surface area contributed by atoms with E-state index in [1.54, 1.807) is 0 Å². The molecule has 0 aliphatic carbocycles. The molecule has 1 aromatic rings. The van der Waals surface area contributed by atoms with Crippen molar-refractivity contribution in [3.8, 4) is 0 Å². The van der Waals surface area contributed by atoms with E-state index in [9.17, 15) is 4.79 Å². The van der Waals surface area contributed by atoms with Crippen LogP contribution < -0.4 is 10.2 Å². The summed E-state index contributed by atoms with van der Waals surface area (Å²) in [6, 6.07) is 8.45.